The molecule has 3 N–H and O–H groups in total. The molecule has 1 aromatic carbocycles. The first kappa shape index (κ1) is 12.3. The molecule has 1 amide bonds. The van der Waals surface area contributed by atoms with E-state index in [-0.39, 0.29) is 5.91 Å². The monoisotopic (exact) mass is 275 g/mol. The minimum absolute atomic E-state index is 0.185. The molecule has 1 aliphatic heterocycles. The number of fused-ring (bicyclic) bond motifs is 1. The van der Waals surface area contributed by atoms with Crippen molar-refractivity contribution in [3.8, 4) is 0 Å². The fraction of sp³-hybridized carbons (Fsp3) is 0.214. The average Bonchev–Trinajstić information content (AvgIpc) is 2.85. The predicted molar refractivity (Wildman–Crippen MR) is 75.6 cm³/mol. The van der Waals surface area contributed by atoms with E-state index < -0.39 is 0 Å². The molecular formula is C14H14ClN3O. The molecule has 2 heterocycles. The lowest BCUT2D eigenvalue weighted by molar-refractivity contribution is 0.102. The number of halogens is 1. The van der Waals surface area contributed by atoms with E-state index in [0.717, 1.165) is 25.2 Å². The van der Waals surface area contributed by atoms with Crippen LogP contribution < -0.4 is 10.6 Å². The van der Waals surface area contributed by atoms with E-state index in [4.69, 9.17) is 11.6 Å². The van der Waals surface area contributed by atoms with Gasteiger partial charge in [0.05, 0.1) is 5.02 Å². The fourth-order valence-corrected chi connectivity index (χ4v) is 2.42. The van der Waals surface area contributed by atoms with Gasteiger partial charge in [-0.15, -0.1) is 0 Å². The first-order chi connectivity index (χ1) is 9.22. The molecule has 0 bridgehead atoms. The number of hydrogen-bond donors (Lipinski definition) is 3. The molecule has 0 saturated carbocycles. The summed E-state index contributed by atoms with van der Waals surface area (Å²) in [5.74, 6) is -0.185. The van der Waals surface area contributed by atoms with Crippen LogP contribution in [0, 0.1) is 0 Å². The van der Waals surface area contributed by atoms with Crippen LogP contribution in [0.1, 0.15) is 21.6 Å². The smallest absolute Gasteiger partial charge is 0.272 e. The van der Waals surface area contributed by atoms with Crippen molar-refractivity contribution in [1.82, 2.24) is 10.3 Å². The van der Waals surface area contributed by atoms with Gasteiger partial charge in [-0.25, -0.2) is 0 Å². The number of hydrogen-bond acceptors (Lipinski definition) is 2. The van der Waals surface area contributed by atoms with E-state index in [1.54, 1.807) is 12.3 Å². The molecule has 1 aromatic heterocycles. The first-order valence-corrected chi connectivity index (χ1v) is 6.58. The van der Waals surface area contributed by atoms with E-state index in [9.17, 15) is 4.79 Å². The van der Waals surface area contributed by atoms with Crippen molar-refractivity contribution in [2.24, 2.45) is 0 Å². The van der Waals surface area contributed by atoms with Gasteiger partial charge in [-0.1, -0.05) is 17.7 Å². The Balaban J connectivity index is 1.78. The molecule has 98 valence electrons. The molecule has 0 spiro atoms. The number of H-pyrrole nitrogens is 1. The Labute approximate surface area is 116 Å². The molecule has 2 aromatic rings. The Hall–Kier alpha value is -1.78. The summed E-state index contributed by atoms with van der Waals surface area (Å²) >= 11 is 5.78. The quantitative estimate of drug-likeness (QED) is 0.789. The van der Waals surface area contributed by atoms with E-state index in [0.29, 0.717) is 10.7 Å². The molecule has 5 heteroatoms. The van der Waals surface area contributed by atoms with Crippen LogP contribution in [0.2, 0.25) is 5.02 Å². The van der Waals surface area contributed by atoms with Crippen LogP contribution in [-0.2, 0) is 13.0 Å². The van der Waals surface area contributed by atoms with E-state index in [1.807, 2.05) is 12.1 Å². The topological polar surface area (TPSA) is 56.9 Å². The zero-order valence-corrected chi connectivity index (χ0v) is 11.1. The van der Waals surface area contributed by atoms with Gasteiger partial charge in [-0.2, -0.15) is 0 Å². The van der Waals surface area contributed by atoms with E-state index in [2.05, 4.69) is 21.7 Å². The maximum Gasteiger partial charge on any atom is 0.272 e. The summed E-state index contributed by atoms with van der Waals surface area (Å²) in [6.07, 6.45) is 2.63. The van der Waals surface area contributed by atoms with Crippen LogP contribution in [0.15, 0.2) is 30.5 Å². The summed E-state index contributed by atoms with van der Waals surface area (Å²) in [7, 11) is 0. The number of carbonyl (C=O) groups excluding carboxylic acids is 1. The lowest BCUT2D eigenvalue weighted by Gasteiger charge is -2.18. The third kappa shape index (κ3) is 2.64. The summed E-state index contributed by atoms with van der Waals surface area (Å²) in [6.45, 7) is 1.87. The lowest BCUT2D eigenvalue weighted by atomic mass is 10.0. The highest BCUT2D eigenvalue weighted by molar-refractivity contribution is 6.31. The van der Waals surface area contributed by atoms with Crippen molar-refractivity contribution in [1.29, 1.82) is 0 Å². The maximum absolute atomic E-state index is 12.0. The molecule has 4 nitrogen and oxygen atoms in total. The van der Waals surface area contributed by atoms with Gasteiger partial charge in [-0.05, 0) is 42.3 Å². The number of carbonyl (C=O) groups is 1. The van der Waals surface area contributed by atoms with Gasteiger partial charge in [0.25, 0.3) is 5.91 Å². The van der Waals surface area contributed by atoms with Gasteiger partial charge in [0, 0.05) is 18.4 Å². The Morgan fingerprint density at radius 3 is 2.95 bits per heavy atom. The number of rotatable bonds is 2. The van der Waals surface area contributed by atoms with Crippen molar-refractivity contribution in [3.63, 3.8) is 0 Å². The van der Waals surface area contributed by atoms with Crippen molar-refractivity contribution in [2.45, 2.75) is 13.0 Å². The summed E-state index contributed by atoms with van der Waals surface area (Å²) in [6, 6.07) is 7.64. The second kappa shape index (κ2) is 5.07. The second-order valence-electron chi connectivity index (χ2n) is 4.60. The van der Waals surface area contributed by atoms with Gasteiger partial charge in [0.15, 0.2) is 0 Å². The molecule has 0 fully saturated rings. The summed E-state index contributed by atoms with van der Waals surface area (Å²) in [5, 5.41) is 6.71. The lowest BCUT2D eigenvalue weighted by Crippen LogP contribution is -2.23. The summed E-state index contributed by atoms with van der Waals surface area (Å²) < 4.78 is 0. The third-order valence-corrected chi connectivity index (χ3v) is 3.46. The molecule has 1 aliphatic rings. The molecular weight excluding hydrogens is 262 g/mol. The Kier molecular flexibility index (Phi) is 3.27. The minimum atomic E-state index is -0.185. The van der Waals surface area contributed by atoms with Crippen molar-refractivity contribution in [2.75, 3.05) is 11.9 Å². The zero-order valence-electron chi connectivity index (χ0n) is 10.3. The number of amides is 1. The van der Waals surface area contributed by atoms with Crippen molar-refractivity contribution in [3.05, 3.63) is 52.3 Å². The summed E-state index contributed by atoms with van der Waals surface area (Å²) in [5.41, 5.74) is 3.85. The van der Waals surface area contributed by atoms with Crippen molar-refractivity contribution >= 4 is 23.2 Å². The van der Waals surface area contributed by atoms with Gasteiger partial charge in [-0.3, -0.25) is 4.79 Å². The van der Waals surface area contributed by atoms with E-state index >= 15 is 0 Å². The highest BCUT2D eigenvalue weighted by Crippen LogP contribution is 2.19. The van der Waals surface area contributed by atoms with E-state index in [1.165, 1.54) is 11.1 Å². The number of nitrogens with one attached hydrogen (secondary N) is 3. The molecule has 3 rings (SSSR count). The predicted octanol–water partition coefficient (Wildman–Crippen LogP) is 2.57. The van der Waals surface area contributed by atoms with Crippen molar-refractivity contribution < 1.29 is 4.79 Å². The van der Waals surface area contributed by atoms with Crippen LogP contribution in [0.3, 0.4) is 0 Å². The second-order valence-corrected chi connectivity index (χ2v) is 5.03. The van der Waals surface area contributed by atoms with Gasteiger partial charge >= 0.3 is 0 Å². The molecule has 19 heavy (non-hydrogen) atoms. The number of aromatic amines is 1. The minimum Gasteiger partial charge on any atom is -0.356 e. The Morgan fingerprint density at radius 1 is 1.26 bits per heavy atom. The Bertz CT molecular complexity index is 621. The fourth-order valence-electron chi connectivity index (χ4n) is 2.26. The maximum atomic E-state index is 12.0. The molecule has 0 saturated heterocycles. The zero-order chi connectivity index (χ0) is 13.2. The van der Waals surface area contributed by atoms with Gasteiger partial charge in [0.1, 0.15) is 5.69 Å². The molecule has 0 unspecified atom stereocenters. The van der Waals surface area contributed by atoms with Crippen LogP contribution in [-0.4, -0.2) is 17.4 Å². The van der Waals surface area contributed by atoms with Crippen LogP contribution >= 0.6 is 11.6 Å². The summed E-state index contributed by atoms with van der Waals surface area (Å²) in [4.78, 5) is 14.8. The van der Waals surface area contributed by atoms with Crippen LogP contribution in [0.25, 0.3) is 0 Å². The highest BCUT2D eigenvalue weighted by atomic mass is 35.5. The molecule has 0 atom stereocenters. The first-order valence-electron chi connectivity index (χ1n) is 6.20. The molecule has 0 aliphatic carbocycles. The number of benzene rings is 1. The van der Waals surface area contributed by atoms with Crippen LogP contribution in [0.5, 0.6) is 0 Å². The normalized spacial score (nSPS) is 13.9. The Morgan fingerprint density at radius 2 is 2.16 bits per heavy atom. The number of anilines is 1. The third-order valence-electron chi connectivity index (χ3n) is 3.24. The van der Waals surface area contributed by atoms with Gasteiger partial charge < -0.3 is 15.6 Å². The van der Waals surface area contributed by atoms with Crippen LogP contribution in [0.4, 0.5) is 5.69 Å². The highest BCUT2D eigenvalue weighted by Gasteiger charge is 2.12. The average molecular weight is 276 g/mol. The largest absolute Gasteiger partial charge is 0.356 e. The molecule has 0 radical (unpaired) electrons. The van der Waals surface area contributed by atoms with Gasteiger partial charge in [0.2, 0.25) is 0 Å². The SMILES string of the molecule is O=C(Nc1ccc2c(c1)CNCC2)c1cc(Cl)c[nH]1. The standard InChI is InChI=1S/C14H14ClN3O/c15-11-6-13(17-8-11)14(19)18-12-2-1-9-3-4-16-7-10(9)5-12/h1-2,5-6,8,16-17H,3-4,7H2,(H,18,19). The number of aromatic nitrogens is 1.